The van der Waals surface area contributed by atoms with E-state index in [2.05, 4.69) is 25.6 Å². The minimum absolute atomic E-state index is 0. The second kappa shape index (κ2) is 10.2. The van der Waals surface area contributed by atoms with Gasteiger partial charge in [-0.3, -0.25) is 4.55 Å². The van der Waals surface area contributed by atoms with Crippen molar-refractivity contribution in [3.8, 4) is 0 Å². The standard InChI is InChI=1S/C16H14ClN5O6S2.Na/c17-14-20-15(18-9-10-4-2-1-3-5-10)22-16(21-14)19-12-8-11(29(23,24)25)6-7-13(12)30(26,27)28;/h1-8H,9H2,(H,23,24,25)(H,26,27,28)(H2,18,19,20,21,22);/q;+1/p-1. The maximum absolute atomic E-state index is 11.6. The number of anilines is 3. The van der Waals surface area contributed by atoms with E-state index in [0.29, 0.717) is 6.54 Å². The summed E-state index contributed by atoms with van der Waals surface area (Å²) in [4.78, 5) is 10.3. The number of nitrogens with one attached hydrogen (secondary N) is 2. The minimum atomic E-state index is -4.89. The molecule has 3 aromatic rings. The van der Waals surface area contributed by atoms with Gasteiger partial charge in [0.25, 0.3) is 10.1 Å². The molecule has 0 aliphatic rings. The van der Waals surface area contributed by atoms with Crippen molar-refractivity contribution >= 4 is 49.4 Å². The fraction of sp³-hybridized carbons (Fsp3) is 0.0625. The zero-order valence-electron chi connectivity index (χ0n) is 15.9. The van der Waals surface area contributed by atoms with Crippen molar-refractivity contribution in [2.45, 2.75) is 16.3 Å². The molecule has 158 valence electrons. The van der Waals surface area contributed by atoms with Crippen LogP contribution >= 0.6 is 11.6 Å². The van der Waals surface area contributed by atoms with E-state index in [1.54, 1.807) is 0 Å². The molecule has 0 aliphatic carbocycles. The molecule has 0 amide bonds. The van der Waals surface area contributed by atoms with Crippen LogP contribution in [0.4, 0.5) is 17.6 Å². The van der Waals surface area contributed by atoms with E-state index < -0.39 is 35.7 Å². The maximum Gasteiger partial charge on any atom is 1.00 e. The van der Waals surface area contributed by atoms with Crippen LogP contribution in [0.2, 0.25) is 5.28 Å². The summed E-state index contributed by atoms with van der Waals surface area (Å²) in [5.74, 6) is -0.210. The van der Waals surface area contributed by atoms with Gasteiger partial charge in [0, 0.05) is 6.54 Å². The second-order valence-electron chi connectivity index (χ2n) is 5.80. The average molecular weight is 494 g/mol. The van der Waals surface area contributed by atoms with E-state index in [1.807, 2.05) is 30.3 Å². The first-order valence-corrected chi connectivity index (χ1v) is 11.3. The summed E-state index contributed by atoms with van der Waals surface area (Å²) in [5, 5.41) is 5.10. The second-order valence-corrected chi connectivity index (χ2v) is 8.91. The fourth-order valence-corrected chi connectivity index (χ4v) is 3.65. The van der Waals surface area contributed by atoms with Gasteiger partial charge in [-0.25, -0.2) is 8.42 Å². The molecule has 15 heteroatoms. The number of hydrogen-bond donors (Lipinski definition) is 3. The van der Waals surface area contributed by atoms with Crippen molar-refractivity contribution in [3.05, 3.63) is 59.4 Å². The third-order valence-electron chi connectivity index (χ3n) is 3.67. The van der Waals surface area contributed by atoms with Gasteiger partial charge < -0.3 is 15.2 Å². The summed E-state index contributed by atoms with van der Waals surface area (Å²) in [7, 11) is -9.65. The summed E-state index contributed by atoms with van der Waals surface area (Å²) in [6.07, 6.45) is 0. The van der Waals surface area contributed by atoms with Crippen LogP contribution in [-0.4, -0.2) is 40.9 Å². The topological polar surface area (TPSA) is 174 Å². The number of nitrogens with zero attached hydrogens (tertiary/aromatic N) is 3. The zero-order valence-corrected chi connectivity index (χ0v) is 20.2. The van der Waals surface area contributed by atoms with Crippen LogP contribution in [-0.2, 0) is 26.8 Å². The molecule has 0 unspecified atom stereocenters. The van der Waals surface area contributed by atoms with Crippen LogP contribution in [0.5, 0.6) is 0 Å². The largest absolute Gasteiger partial charge is 1.00 e. The molecule has 0 fully saturated rings. The fourth-order valence-electron chi connectivity index (χ4n) is 2.37. The molecule has 11 nitrogen and oxygen atoms in total. The van der Waals surface area contributed by atoms with Gasteiger partial charge in [0.1, 0.15) is 15.0 Å². The van der Waals surface area contributed by atoms with Gasteiger partial charge in [-0.2, -0.15) is 23.4 Å². The minimum Gasteiger partial charge on any atom is -0.744 e. The molecule has 31 heavy (non-hydrogen) atoms. The molecule has 0 radical (unpaired) electrons. The quantitative estimate of drug-likeness (QED) is 0.273. The van der Waals surface area contributed by atoms with E-state index in [1.165, 1.54) is 0 Å². The predicted octanol–water partition coefficient (Wildman–Crippen LogP) is -0.965. The van der Waals surface area contributed by atoms with Crippen LogP contribution in [0.15, 0.2) is 58.3 Å². The number of aromatic nitrogens is 3. The van der Waals surface area contributed by atoms with Gasteiger partial charge in [0.2, 0.25) is 17.2 Å². The van der Waals surface area contributed by atoms with Crippen molar-refractivity contribution in [2.75, 3.05) is 10.6 Å². The van der Waals surface area contributed by atoms with Crippen LogP contribution < -0.4 is 40.2 Å². The Bertz CT molecular complexity index is 1290. The molecule has 2 aromatic carbocycles. The Morgan fingerprint density at radius 3 is 2.23 bits per heavy atom. The van der Waals surface area contributed by atoms with Crippen molar-refractivity contribution in [3.63, 3.8) is 0 Å². The van der Waals surface area contributed by atoms with Gasteiger partial charge >= 0.3 is 29.6 Å². The van der Waals surface area contributed by atoms with E-state index in [9.17, 15) is 25.9 Å². The summed E-state index contributed by atoms with van der Waals surface area (Å²) in [6.45, 7) is 0.348. The van der Waals surface area contributed by atoms with E-state index in [4.69, 9.17) is 11.6 Å². The summed E-state index contributed by atoms with van der Waals surface area (Å²) >= 11 is 5.88. The van der Waals surface area contributed by atoms with Crippen molar-refractivity contribution in [1.29, 1.82) is 0 Å². The Balaban J connectivity index is 0.00000341. The summed E-state index contributed by atoms with van der Waals surface area (Å²) in [5.41, 5.74) is 0.483. The molecule has 0 aliphatic heterocycles. The number of benzene rings is 2. The number of halogens is 1. The van der Waals surface area contributed by atoms with Gasteiger partial charge in [0.05, 0.1) is 10.6 Å². The number of rotatable bonds is 7. The predicted molar refractivity (Wildman–Crippen MR) is 106 cm³/mol. The third kappa shape index (κ3) is 7.08. The third-order valence-corrected chi connectivity index (χ3v) is 5.58. The first-order chi connectivity index (χ1) is 14.0. The van der Waals surface area contributed by atoms with Gasteiger partial charge in [-0.15, -0.1) is 0 Å². The van der Waals surface area contributed by atoms with E-state index >= 15 is 0 Å². The van der Waals surface area contributed by atoms with Crippen LogP contribution in [0.1, 0.15) is 5.56 Å². The normalized spacial score (nSPS) is 11.5. The average Bonchev–Trinajstić information content (AvgIpc) is 2.65. The molecule has 3 N–H and O–H groups in total. The first-order valence-electron chi connectivity index (χ1n) is 8.06. The Kier molecular flexibility index (Phi) is 8.35. The molecule has 1 aromatic heterocycles. The van der Waals surface area contributed by atoms with Crippen LogP contribution in [0, 0.1) is 0 Å². The first kappa shape index (κ1) is 25.4. The summed E-state index contributed by atoms with van der Waals surface area (Å²) < 4.78 is 66.3. The Hall–Kier alpha value is -1.84. The summed E-state index contributed by atoms with van der Waals surface area (Å²) in [6, 6.07) is 11.5. The van der Waals surface area contributed by atoms with Crippen molar-refractivity contribution in [1.82, 2.24) is 15.0 Å². The Morgan fingerprint density at radius 2 is 1.61 bits per heavy atom. The Labute approximate surface area is 205 Å². The van der Waals surface area contributed by atoms with Gasteiger partial charge in [-0.05, 0) is 35.4 Å². The maximum atomic E-state index is 11.6. The molecule has 0 saturated heterocycles. The monoisotopic (exact) mass is 493 g/mol. The Morgan fingerprint density at radius 1 is 0.968 bits per heavy atom. The molecule has 0 atom stereocenters. The molecule has 0 spiro atoms. The van der Waals surface area contributed by atoms with E-state index in [-0.39, 0.29) is 46.7 Å². The van der Waals surface area contributed by atoms with Crippen molar-refractivity contribution in [2.24, 2.45) is 0 Å². The molecule has 3 rings (SSSR count). The molecular formula is C16H13ClN5NaO6S2. The van der Waals surface area contributed by atoms with Crippen LogP contribution in [0.3, 0.4) is 0 Å². The molecular weight excluding hydrogens is 481 g/mol. The van der Waals surface area contributed by atoms with Gasteiger partial charge in [0.15, 0.2) is 0 Å². The van der Waals surface area contributed by atoms with E-state index in [0.717, 1.165) is 23.8 Å². The molecule has 1 heterocycles. The molecule has 0 bridgehead atoms. The molecule has 0 saturated carbocycles. The zero-order chi connectivity index (χ0) is 21.9. The SMILES string of the molecule is O=S(=O)([O-])c1ccc(S(=O)(=O)O)c(Nc2nc(Cl)nc(NCc3ccccc3)n2)c1.[Na+]. The number of hydrogen-bond acceptors (Lipinski definition) is 10. The van der Waals surface area contributed by atoms with Crippen LogP contribution in [0.25, 0.3) is 0 Å². The van der Waals surface area contributed by atoms with Gasteiger partial charge in [-0.1, -0.05) is 30.3 Å². The van der Waals surface area contributed by atoms with Crippen molar-refractivity contribution < 1.29 is 55.5 Å². The smallest absolute Gasteiger partial charge is 0.744 e.